The van der Waals surface area contributed by atoms with Crippen molar-refractivity contribution in [3.63, 3.8) is 0 Å². The highest BCUT2D eigenvalue weighted by atomic mass is 16.5. The molecule has 1 atom stereocenters. The van der Waals surface area contributed by atoms with Crippen LogP contribution in [0, 0.1) is 5.92 Å². The third-order valence-corrected chi connectivity index (χ3v) is 3.19. The van der Waals surface area contributed by atoms with Gasteiger partial charge in [0.05, 0.1) is 6.61 Å². The lowest BCUT2D eigenvalue weighted by molar-refractivity contribution is -0.151. The van der Waals surface area contributed by atoms with Crippen LogP contribution in [-0.2, 0) is 9.53 Å². The molecule has 0 radical (unpaired) electrons. The fraction of sp³-hybridized carbons (Fsp3) is 0.917. The van der Waals surface area contributed by atoms with Gasteiger partial charge in [0, 0.05) is 19.7 Å². The largest absolute Gasteiger partial charge is 0.480 e. The first-order valence-electron chi connectivity index (χ1n) is 6.03. The van der Waals surface area contributed by atoms with E-state index in [1.165, 1.54) is 0 Å². The maximum atomic E-state index is 11.5. The van der Waals surface area contributed by atoms with Gasteiger partial charge in [0.15, 0.2) is 0 Å². The van der Waals surface area contributed by atoms with E-state index in [-0.39, 0.29) is 0 Å². The number of carbonyl (C=O) groups is 1. The van der Waals surface area contributed by atoms with Gasteiger partial charge in [-0.1, -0.05) is 13.8 Å². The molecule has 4 nitrogen and oxygen atoms in total. The molecule has 1 aliphatic rings. The third kappa shape index (κ3) is 3.19. The summed E-state index contributed by atoms with van der Waals surface area (Å²) in [6, 6.07) is 0. The predicted molar refractivity (Wildman–Crippen MR) is 62.5 cm³/mol. The number of hydrogen-bond acceptors (Lipinski definition) is 3. The summed E-state index contributed by atoms with van der Waals surface area (Å²) >= 11 is 0. The third-order valence-electron chi connectivity index (χ3n) is 3.19. The SMILES string of the molecule is CC(C)CC(C)(C(=O)O)N1CCCOCC1. The molecule has 16 heavy (non-hydrogen) atoms. The van der Waals surface area contributed by atoms with Gasteiger partial charge in [-0.05, 0) is 25.7 Å². The van der Waals surface area contributed by atoms with Crippen molar-refractivity contribution >= 4 is 5.97 Å². The maximum Gasteiger partial charge on any atom is 0.323 e. The molecule has 0 aliphatic carbocycles. The van der Waals surface area contributed by atoms with Crippen LogP contribution < -0.4 is 0 Å². The van der Waals surface area contributed by atoms with E-state index in [2.05, 4.69) is 18.7 Å². The Morgan fingerprint density at radius 2 is 2.12 bits per heavy atom. The first-order chi connectivity index (χ1) is 7.47. The van der Waals surface area contributed by atoms with Crippen molar-refractivity contribution < 1.29 is 14.6 Å². The fourth-order valence-electron chi connectivity index (χ4n) is 2.39. The second-order valence-electron chi connectivity index (χ2n) is 5.13. The van der Waals surface area contributed by atoms with Gasteiger partial charge >= 0.3 is 5.97 Å². The molecule has 0 amide bonds. The van der Waals surface area contributed by atoms with E-state index in [0.29, 0.717) is 18.9 Å². The molecule has 1 aliphatic heterocycles. The summed E-state index contributed by atoms with van der Waals surface area (Å²) in [5.41, 5.74) is -0.748. The van der Waals surface area contributed by atoms with E-state index < -0.39 is 11.5 Å². The Hall–Kier alpha value is -0.610. The highest BCUT2D eigenvalue weighted by Crippen LogP contribution is 2.25. The first-order valence-corrected chi connectivity index (χ1v) is 6.03. The lowest BCUT2D eigenvalue weighted by Gasteiger charge is -2.38. The van der Waals surface area contributed by atoms with Crippen LogP contribution in [0.4, 0.5) is 0 Å². The van der Waals surface area contributed by atoms with E-state index in [1.807, 2.05) is 6.92 Å². The van der Waals surface area contributed by atoms with E-state index in [0.717, 1.165) is 26.1 Å². The van der Waals surface area contributed by atoms with Gasteiger partial charge in [0.25, 0.3) is 0 Å². The van der Waals surface area contributed by atoms with Crippen LogP contribution in [0.2, 0.25) is 0 Å². The molecule has 1 fully saturated rings. The lowest BCUT2D eigenvalue weighted by Crippen LogP contribution is -2.54. The summed E-state index contributed by atoms with van der Waals surface area (Å²) in [4.78, 5) is 13.5. The van der Waals surface area contributed by atoms with Crippen molar-refractivity contribution in [1.29, 1.82) is 0 Å². The van der Waals surface area contributed by atoms with Crippen LogP contribution >= 0.6 is 0 Å². The zero-order chi connectivity index (χ0) is 12.2. The van der Waals surface area contributed by atoms with Crippen molar-refractivity contribution in [1.82, 2.24) is 4.90 Å². The minimum Gasteiger partial charge on any atom is -0.480 e. The molecule has 0 aromatic rings. The summed E-state index contributed by atoms with van der Waals surface area (Å²) < 4.78 is 5.37. The summed E-state index contributed by atoms with van der Waals surface area (Å²) in [5, 5.41) is 9.44. The quantitative estimate of drug-likeness (QED) is 0.795. The van der Waals surface area contributed by atoms with Crippen molar-refractivity contribution in [2.45, 2.75) is 39.2 Å². The Morgan fingerprint density at radius 1 is 1.44 bits per heavy atom. The Balaban J connectivity index is 2.77. The second-order valence-corrected chi connectivity index (χ2v) is 5.13. The number of ether oxygens (including phenoxy) is 1. The first kappa shape index (κ1) is 13.5. The number of hydrogen-bond donors (Lipinski definition) is 1. The van der Waals surface area contributed by atoms with E-state index in [4.69, 9.17) is 4.74 Å². The Morgan fingerprint density at radius 3 is 2.69 bits per heavy atom. The van der Waals surface area contributed by atoms with Crippen LogP contribution in [0.1, 0.15) is 33.6 Å². The number of carboxylic acids is 1. The maximum absolute atomic E-state index is 11.5. The van der Waals surface area contributed by atoms with E-state index >= 15 is 0 Å². The molecule has 1 heterocycles. The molecule has 0 aromatic heterocycles. The Kier molecular flexibility index (Phi) is 4.74. The number of rotatable bonds is 4. The van der Waals surface area contributed by atoms with E-state index in [9.17, 15) is 9.90 Å². The second kappa shape index (κ2) is 5.64. The van der Waals surface area contributed by atoms with Gasteiger partial charge in [-0.2, -0.15) is 0 Å². The molecule has 1 unspecified atom stereocenters. The monoisotopic (exact) mass is 229 g/mol. The summed E-state index contributed by atoms with van der Waals surface area (Å²) in [6.07, 6.45) is 1.60. The van der Waals surface area contributed by atoms with Crippen molar-refractivity contribution in [2.75, 3.05) is 26.3 Å². The fourth-order valence-corrected chi connectivity index (χ4v) is 2.39. The molecule has 0 bridgehead atoms. The highest BCUT2D eigenvalue weighted by molar-refractivity contribution is 5.78. The Labute approximate surface area is 97.6 Å². The molecule has 0 aromatic carbocycles. The smallest absolute Gasteiger partial charge is 0.323 e. The van der Waals surface area contributed by atoms with Gasteiger partial charge in [0.2, 0.25) is 0 Å². The van der Waals surface area contributed by atoms with Gasteiger partial charge < -0.3 is 9.84 Å². The van der Waals surface area contributed by atoms with Crippen molar-refractivity contribution in [3.05, 3.63) is 0 Å². The molecule has 0 spiro atoms. The molecule has 1 N–H and O–H groups in total. The number of carboxylic acid groups (broad SMARTS) is 1. The predicted octanol–water partition coefficient (Wildman–Crippen LogP) is 1.60. The van der Waals surface area contributed by atoms with Crippen LogP contribution in [0.3, 0.4) is 0 Å². The molecular weight excluding hydrogens is 206 g/mol. The van der Waals surface area contributed by atoms with Gasteiger partial charge in [0.1, 0.15) is 5.54 Å². The number of nitrogens with zero attached hydrogens (tertiary/aromatic N) is 1. The van der Waals surface area contributed by atoms with Crippen molar-refractivity contribution in [2.24, 2.45) is 5.92 Å². The van der Waals surface area contributed by atoms with Crippen LogP contribution in [-0.4, -0.2) is 47.8 Å². The topological polar surface area (TPSA) is 49.8 Å². The standard InChI is InChI=1S/C12H23NO3/c1-10(2)9-12(3,11(14)15)13-5-4-7-16-8-6-13/h10H,4-9H2,1-3H3,(H,14,15). The van der Waals surface area contributed by atoms with E-state index in [1.54, 1.807) is 0 Å². The van der Waals surface area contributed by atoms with Crippen LogP contribution in [0.25, 0.3) is 0 Å². The lowest BCUT2D eigenvalue weighted by atomic mass is 9.88. The molecule has 1 saturated heterocycles. The molecule has 4 heteroatoms. The zero-order valence-corrected chi connectivity index (χ0v) is 10.5. The Bertz CT molecular complexity index is 234. The van der Waals surface area contributed by atoms with Crippen molar-refractivity contribution in [3.8, 4) is 0 Å². The van der Waals surface area contributed by atoms with Gasteiger partial charge in [-0.25, -0.2) is 0 Å². The average Bonchev–Trinajstić information content (AvgIpc) is 2.44. The summed E-state index contributed by atoms with van der Waals surface area (Å²) in [6.45, 7) is 8.88. The van der Waals surface area contributed by atoms with Crippen LogP contribution in [0.5, 0.6) is 0 Å². The van der Waals surface area contributed by atoms with Gasteiger partial charge in [-0.15, -0.1) is 0 Å². The summed E-state index contributed by atoms with van der Waals surface area (Å²) in [5.74, 6) is -0.339. The molecular formula is C12H23NO3. The molecule has 94 valence electrons. The average molecular weight is 229 g/mol. The minimum atomic E-state index is -0.748. The van der Waals surface area contributed by atoms with Gasteiger partial charge in [-0.3, -0.25) is 9.69 Å². The van der Waals surface area contributed by atoms with Crippen LogP contribution in [0.15, 0.2) is 0 Å². The normalized spacial score (nSPS) is 22.8. The zero-order valence-electron chi connectivity index (χ0n) is 10.5. The molecule has 0 saturated carbocycles. The highest BCUT2D eigenvalue weighted by Gasteiger charge is 2.39. The number of aliphatic carboxylic acids is 1. The molecule has 1 rings (SSSR count). The minimum absolute atomic E-state index is 0.380. The summed E-state index contributed by atoms with van der Waals surface area (Å²) in [7, 11) is 0.